The average molecular weight is 360 g/mol. The minimum Gasteiger partial charge on any atom is -0.339 e. The second kappa shape index (κ2) is 7.03. The van der Waals surface area contributed by atoms with Crippen LogP contribution in [0.3, 0.4) is 0 Å². The molecule has 122 valence electrons. The molecule has 0 aliphatic carbocycles. The lowest BCUT2D eigenvalue weighted by molar-refractivity contribution is 0.982. The highest BCUT2D eigenvalue weighted by Crippen LogP contribution is 2.27. The first-order chi connectivity index (χ1) is 11.5. The maximum Gasteiger partial charge on any atom is 0.249 e. The molecule has 0 aliphatic rings. The molecule has 1 aromatic heterocycles. The number of hydrogen-bond acceptors (Lipinski definition) is 5. The Bertz CT molecular complexity index is 814. The molecule has 0 aliphatic heterocycles. The molecule has 24 heavy (non-hydrogen) atoms. The Morgan fingerprint density at radius 1 is 0.917 bits per heavy atom. The molecule has 0 radical (unpaired) electrons. The monoisotopic (exact) mass is 359 g/mol. The van der Waals surface area contributed by atoms with Gasteiger partial charge in [-0.1, -0.05) is 35.3 Å². The second-order valence-corrected chi connectivity index (χ2v) is 6.20. The number of anilines is 4. The third kappa shape index (κ3) is 3.93. The number of halogens is 2. The van der Waals surface area contributed by atoms with E-state index in [0.717, 1.165) is 16.8 Å². The molecular weight excluding hydrogens is 345 g/mol. The summed E-state index contributed by atoms with van der Waals surface area (Å²) in [4.78, 5) is 4.41. The van der Waals surface area contributed by atoms with Crippen molar-refractivity contribution >= 4 is 46.3 Å². The van der Waals surface area contributed by atoms with E-state index in [-0.39, 0.29) is 0 Å². The minimum absolute atomic E-state index is 0.328. The van der Waals surface area contributed by atoms with Crippen LogP contribution >= 0.6 is 23.2 Å². The molecule has 2 N–H and O–H groups in total. The summed E-state index contributed by atoms with van der Waals surface area (Å²) in [5.41, 5.74) is 3.87. The van der Waals surface area contributed by atoms with Crippen LogP contribution in [0.1, 0.15) is 11.1 Å². The molecule has 2 aromatic carbocycles. The predicted octanol–water partition coefficient (Wildman–Crippen LogP) is 5.28. The van der Waals surface area contributed by atoms with Crippen LogP contribution in [-0.2, 0) is 0 Å². The summed E-state index contributed by atoms with van der Waals surface area (Å²) in [5, 5.41) is 15.3. The van der Waals surface area contributed by atoms with Crippen molar-refractivity contribution in [2.75, 3.05) is 10.6 Å². The summed E-state index contributed by atoms with van der Waals surface area (Å²) >= 11 is 12.1. The van der Waals surface area contributed by atoms with E-state index in [0.29, 0.717) is 27.5 Å². The number of nitrogens with zero attached hydrogens (tertiary/aromatic N) is 3. The molecule has 0 unspecified atom stereocenters. The van der Waals surface area contributed by atoms with Gasteiger partial charge in [-0.3, -0.25) is 0 Å². The van der Waals surface area contributed by atoms with Gasteiger partial charge in [0, 0.05) is 10.7 Å². The molecule has 3 aromatic rings. The van der Waals surface area contributed by atoms with Gasteiger partial charge >= 0.3 is 0 Å². The fraction of sp³-hybridized carbons (Fsp3) is 0.118. The van der Waals surface area contributed by atoms with Crippen LogP contribution in [-0.4, -0.2) is 15.2 Å². The van der Waals surface area contributed by atoms with Crippen molar-refractivity contribution in [2.24, 2.45) is 0 Å². The van der Waals surface area contributed by atoms with E-state index in [2.05, 4.69) is 44.0 Å². The van der Waals surface area contributed by atoms with E-state index in [4.69, 9.17) is 23.2 Å². The number of benzene rings is 2. The molecule has 5 nitrogen and oxygen atoms in total. The van der Waals surface area contributed by atoms with Crippen molar-refractivity contribution < 1.29 is 0 Å². The number of nitrogens with one attached hydrogen (secondary N) is 2. The first kappa shape index (κ1) is 16.5. The van der Waals surface area contributed by atoms with Crippen LogP contribution in [0.15, 0.2) is 42.6 Å². The maximum atomic E-state index is 6.14. The summed E-state index contributed by atoms with van der Waals surface area (Å²) in [6.07, 6.45) is 1.56. The van der Waals surface area contributed by atoms with E-state index >= 15 is 0 Å². The molecule has 0 saturated carbocycles. The first-order valence-corrected chi connectivity index (χ1v) is 8.03. The lowest BCUT2D eigenvalue weighted by Gasteiger charge is -2.11. The molecule has 0 atom stereocenters. The number of aromatic nitrogens is 3. The number of hydrogen-bond donors (Lipinski definition) is 2. The molecule has 0 saturated heterocycles. The highest BCUT2D eigenvalue weighted by Gasteiger charge is 2.07. The third-order valence-electron chi connectivity index (χ3n) is 3.39. The van der Waals surface area contributed by atoms with E-state index in [1.807, 2.05) is 13.8 Å². The lowest BCUT2D eigenvalue weighted by Crippen LogP contribution is -2.03. The van der Waals surface area contributed by atoms with E-state index in [9.17, 15) is 0 Å². The Balaban J connectivity index is 1.84. The molecular formula is C17H15Cl2N5. The highest BCUT2D eigenvalue weighted by atomic mass is 35.5. The summed E-state index contributed by atoms with van der Waals surface area (Å²) in [6.45, 7) is 4.07. The summed E-state index contributed by atoms with van der Waals surface area (Å²) in [5.74, 6) is 0.911. The topological polar surface area (TPSA) is 62.7 Å². The zero-order valence-electron chi connectivity index (χ0n) is 13.1. The van der Waals surface area contributed by atoms with Crippen LogP contribution in [0, 0.1) is 13.8 Å². The van der Waals surface area contributed by atoms with Gasteiger partial charge in [-0.2, -0.15) is 10.1 Å². The van der Waals surface area contributed by atoms with Gasteiger partial charge in [0.1, 0.15) is 0 Å². The Morgan fingerprint density at radius 3 is 2.58 bits per heavy atom. The van der Waals surface area contributed by atoms with E-state index in [1.165, 1.54) is 0 Å². The highest BCUT2D eigenvalue weighted by molar-refractivity contribution is 6.35. The largest absolute Gasteiger partial charge is 0.339 e. The molecule has 0 fully saturated rings. The molecule has 1 heterocycles. The molecule has 0 amide bonds. The second-order valence-electron chi connectivity index (χ2n) is 5.36. The van der Waals surface area contributed by atoms with E-state index in [1.54, 1.807) is 24.4 Å². The normalized spacial score (nSPS) is 10.5. The van der Waals surface area contributed by atoms with Crippen LogP contribution in [0.25, 0.3) is 0 Å². The van der Waals surface area contributed by atoms with Gasteiger partial charge in [0.15, 0.2) is 5.82 Å². The summed E-state index contributed by atoms with van der Waals surface area (Å²) < 4.78 is 0. The maximum absolute atomic E-state index is 6.14. The fourth-order valence-corrected chi connectivity index (χ4v) is 2.48. The molecule has 0 spiro atoms. The van der Waals surface area contributed by atoms with Crippen molar-refractivity contribution in [3.8, 4) is 0 Å². The van der Waals surface area contributed by atoms with Crippen molar-refractivity contribution in [1.29, 1.82) is 0 Å². The molecule has 0 bridgehead atoms. The van der Waals surface area contributed by atoms with Gasteiger partial charge < -0.3 is 10.6 Å². The van der Waals surface area contributed by atoms with Crippen LogP contribution in [0.2, 0.25) is 10.0 Å². The van der Waals surface area contributed by atoms with Crippen LogP contribution in [0.4, 0.5) is 23.1 Å². The Labute approximate surface area is 150 Å². The fourth-order valence-electron chi connectivity index (χ4n) is 2.14. The average Bonchev–Trinajstić information content (AvgIpc) is 2.55. The Hall–Kier alpha value is -2.37. The molecule has 3 rings (SSSR count). The van der Waals surface area contributed by atoms with Crippen LogP contribution < -0.4 is 10.6 Å². The third-order valence-corrected chi connectivity index (χ3v) is 3.95. The van der Waals surface area contributed by atoms with Crippen molar-refractivity contribution in [1.82, 2.24) is 15.2 Å². The van der Waals surface area contributed by atoms with Gasteiger partial charge in [-0.15, -0.1) is 5.10 Å². The zero-order valence-corrected chi connectivity index (χ0v) is 14.7. The van der Waals surface area contributed by atoms with Crippen molar-refractivity contribution in [3.63, 3.8) is 0 Å². The molecule has 7 heteroatoms. The quantitative estimate of drug-likeness (QED) is 0.663. The summed E-state index contributed by atoms with van der Waals surface area (Å²) in [6, 6.07) is 11.3. The summed E-state index contributed by atoms with van der Waals surface area (Å²) in [7, 11) is 0. The predicted molar refractivity (Wildman–Crippen MR) is 98.8 cm³/mol. The van der Waals surface area contributed by atoms with Gasteiger partial charge in [0.05, 0.1) is 16.9 Å². The van der Waals surface area contributed by atoms with Gasteiger partial charge in [0.2, 0.25) is 5.95 Å². The standard InChI is InChI=1S/C17H15Cl2N5/c1-10-3-4-11(2)14(7-10)21-16-9-20-24-17(23-16)22-15-8-12(18)5-6-13(15)19/h3-9H,1-2H3,(H2,21,22,23,24). The van der Waals surface area contributed by atoms with Gasteiger partial charge in [0.25, 0.3) is 0 Å². The lowest BCUT2D eigenvalue weighted by atomic mass is 10.1. The van der Waals surface area contributed by atoms with Gasteiger partial charge in [-0.25, -0.2) is 0 Å². The van der Waals surface area contributed by atoms with Gasteiger partial charge in [-0.05, 0) is 49.2 Å². The van der Waals surface area contributed by atoms with Crippen molar-refractivity contribution in [3.05, 3.63) is 63.8 Å². The SMILES string of the molecule is Cc1ccc(C)c(Nc2cnnc(Nc3cc(Cl)ccc3Cl)n2)c1. The van der Waals surface area contributed by atoms with Crippen LogP contribution in [0.5, 0.6) is 0 Å². The smallest absolute Gasteiger partial charge is 0.249 e. The minimum atomic E-state index is 0.328. The first-order valence-electron chi connectivity index (χ1n) is 7.27. The van der Waals surface area contributed by atoms with Crippen molar-refractivity contribution in [2.45, 2.75) is 13.8 Å². The van der Waals surface area contributed by atoms with E-state index < -0.39 is 0 Å². The zero-order chi connectivity index (χ0) is 17.1. The Kier molecular flexibility index (Phi) is 4.83. The number of rotatable bonds is 4. The Morgan fingerprint density at radius 2 is 1.75 bits per heavy atom. The number of aryl methyl sites for hydroxylation is 2.